The highest BCUT2D eigenvalue weighted by atomic mass is 16.5. The van der Waals surface area contributed by atoms with Gasteiger partial charge in [0.2, 0.25) is 5.91 Å². The number of carbonyl (C=O) groups excluding carboxylic acids is 2. The van der Waals surface area contributed by atoms with Crippen LogP contribution in [0.2, 0.25) is 0 Å². The molecule has 0 bridgehead atoms. The number of nitrogens with one attached hydrogen (secondary N) is 1. The van der Waals surface area contributed by atoms with Crippen LogP contribution >= 0.6 is 0 Å². The molecule has 6 heteroatoms. The monoisotopic (exact) mass is 944 g/mol. The van der Waals surface area contributed by atoms with Crippen molar-refractivity contribution in [3.05, 3.63) is 24.3 Å². The van der Waals surface area contributed by atoms with Gasteiger partial charge in [0.1, 0.15) is 6.10 Å². The Kier molecular flexibility index (Phi) is 53.9. The molecular weight excluding hydrogens is 827 g/mol. The van der Waals surface area contributed by atoms with Crippen LogP contribution in [-0.2, 0) is 14.3 Å². The number of aliphatic hydroxyl groups is 2. The number of amides is 1. The summed E-state index contributed by atoms with van der Waals surface area (Å²) in [6.07, 6.45) is 65.3. The normalized spacial score (nSPS) is 13.2. The summed E-state index contributed by atoms with van der Waals surface area (Å²) in [5, 5.41) is 23.9. The molecule has 0 aromatic heterocycles. The molecule has 3 N–H and O–H groups in total. The number of hydrogen-bond donors (Lipinski definition) is 3. The Labute approximate surface area is 418 Å². The molecule has 0 saturated carbocycles. The van der Waals surface area contributed by atoms with Crippen molar-refractivity contribution in [2.45, 2.75) is 347 Å². The van der Waals surface area contributed by atoms with Gasteiger partial charge in [0.25, 0.3) is 0 Å². The summed E-state index contributed by atoms with van der Waals surface area (Å²) < 4.78 is 5.98. The summed E-state index contributed by atoms with van der Waals surface area (Å²) in [7, 11) is 0. The van der Waals surface area contributed by atoms with Crippen LogP contribution in [0, 0.1) is 0 Å². The molecule has 3 atom stereocenters. The predicted octanol–water partition coefficient (Wildman–Crippen LogP) is 18.6. The molecule has 0 rings (SSSR count). The fourth-order valence-electron chi connectivity index (χ4n) is 9.46. The molecule has 0 aliphatic rings. The molecule has 0 aromatic carbocycles. The van der Waals surface area contributed by atoms with E-state index in [0.29, 0.717) is 19.3 Å². The van der Waals surface area contributed by atoms with Crippen molar-refractivity contribution in [1.82, 2.24) is 5.32 Å². The van der Waals surface area contributed by atoms with E-state index in [1.165, 1.54) is 218 Å². The lowest BCUT2D eigenvalue weighted by Crippen LogP contribution is -2.46. The lowest BCUT2D eigenvalue weighted by molar-refractivity contribution is -0.151. The van der Waals surface area contributed by atoms with Crippen molar-refractivity contribution in [3.63, 3.8) is 0 Å². The maximum atomic E-state index is 13.3. The fraction of sp³-hybridized carbons (Fsp3) is 0.902. The molecule has 67 heavy (non-hydrogen) atoms. The molecule has 0 aliphatic heterocycles. The quantitative estimate of drug-likeness (QED) is 0.0321. The summed E-state index contributed by atoms with van der Waals surface area (Å²) in [6, 6.07) is -0.700. The predicted molar refractivity (Wildman–Crippen MR) is 292 cm³/mol. The van der Waals surface area contributed by atoms with Crippen LogP contribution < -0.4 is 5.32 Å². The highest BCUT2D eigenvalue weighted by molar-refractivity contribution is 5.77. The van der Waals surface area contributed by atoms with Crippen molar-refractivity contribution in [2.24, 2.45) is 0 Å². The first-order chi connectivity index (χ1) is 33.0. The number of rotatable bonds is 55. The molecule has 0 spiro atoms. The van der Waals surface area contributed by atoms with Gasteiger partial charge >= 0.3 is 5.97 Å². The Morgan fingerprint density at radius 3 is 1.16 bits per heavy atom. The molecule has 0 aromatic rings. The Morgan fingerprint density at radius 2 is 0.761 bits per heavy atom. The van der Waals surface area contributed by atoms with Gasteiger partial charge in [0, 0.05) is 6.42 Å². The third-order valence-electron chi connectivity index (χ3n) is 14.0. The van der Waals surface area contributed by atoms with Crippen molar-refractivity contribution < 1.29 is 24.5 Å². The van der Waals surface area contributed by atoms with Crippen LogP contribution in [0.1, 0.15) is 329 Å². The molecule has 0 aliphatic carbocycles. The number of allylic oxidation sites excluding steroid dienone is 4. The van der Waals surface area contributed by atoms with Crippen molar-refractivity contribution in [1.29, 1.82) is 0 Å². The zero-order valence-electron chi connectivity index (χ0n) is 45.3. The van der Waals surface area contributed by atoms with Crippen molar-refractivity contribution in [2.75, 3.05) is 6.61 Å². The van der Waals surface area contributed by atoms with E-state index in [4.69, 9.17) is 4.74 Å². The minimum atomic E-state index is -0.787. The third kappa shape index (κ3) is 50.5. The van der Waals surface area contributed by atoms with Crippen LogP contribution in [0.4, 0.5) is 0 Å². The van der Waals surface area contributed by atoms with E-state index in [9.17, 15) is 19.8 Å². The molecule has 6 nitrogen and oxygen atoms in total. The lowest BCUT2D eigenvalue weighted by atomic mass is 10.0. The average molecular weight is 945 g/mol. The van der Waals surface area contributed by atoms with E-state index >= 15 is 0 Å². The number of carbonyl (C=O) groups is 2. The standard InChI is InChI=1S/C61H117NO5/c1-4-7-10-13-16-19-22-25-27-29-31-33-36-39-42-45-48-51-54-61(66)67-57(52-49-46-43-40-37-35-32-30-28-26-23-20-17-14-11-8-5-2)55-60(65)62-58(56-63)59(64)53-50-47-44-41-38-34-24-21-18-15-12-9-6-3/h17,20,26,28,57-59,63-64H,4-16,18-19,21-25,27,29-56H2,1-3H3,(H,62,65)/b20-17-,28-26-. The maximum Gasteiger partial charge on any atom is 0.306 e. The van der Waals surface area contributed by atoms with Crippen LogP contribution in [0.3, 0.4) is 0 Å². The Balaban J connectivity index is 4.52. The smallest absolute Gasteiger partial charge is 0.306 e. The zero-order valence-corrected chi connectivity index (χ0v) is 45.3. The van der Waals surface area contributed by atoms with Gasteiger partial charge in [-0.2, -0.15) is 0 Å². The van der Waals surface area contributed by atoms with Crippen LogP contribution in [0.25, 0.3) is 0 Å². The molecule has 0 heterocycles. The molecule has 0 radical (unpaired) electrons. The van der Waals surface area contributed by atoms with Crippen LogP contribution in [-0.4, -0.2) is 46.9 Å². The van der Waals surface area contributed by atoms with Gasteiger partial charge in [0.05, 0.1) is 25.2 Å². The minimum Gasteiger partial charge on any atom is -0.462 e. The Morgan fingerprint density at radius 1 is 0.433 bits per heavy atom. The molecule has 0 fully saturated rings. The largest absolute Gasteiger partial charge is 0.462 e. The second kappa shape index (κ2) is 55.3. The topological polar surface area (TPSA) is 95.9 Å². The second-order valence-corrected chi connectivity index (χ2v) is 20.8. The maximum absolute atomic E-state index is 13.3. The van der Waals surface area contributed by atoms with E-state index in [-0.39, 0.29) is 24.9 Å². The highest BCUT2D eigenvalue weighted by Gasteiger charge is 2.24. The van der Waals surface area contributed by atoms with Gasteiger partial charge in [-0.05, 0) is 57.8 Å². The van der Waals surface area contributed by atoms with E-state index in [2.05, 4.69) is 50.4 Å². The van der Waals surface area contributed by atoms with Gasteiger partial charge < -0.3 is 20.3 Å². The molecule has 396 valence electrons. The molecular formula is C61H117NO5. The average Bonchev–Trinajstić information content (AvgIpc) is 3.32. The molecule has 1 amide bonds. The summed E-state index contributed by atoms with van der Waals surface area (Å²) in [5.41, 5.74) is 0. The zero-order chi connectivity index (χ0) is 48.8. The number of esters is 1. The van der Waals surface area contributed by atoms with E-state index in [1.54, 1.807) is 0 Å². The SMILES string of the molecule is CCCCC/C=C\C/C=C\CCCCCCCCCC(CC(=O)NC(CO)C(O)CCCCCCCCCCCCCCC)OC(=O)CCCCCCCCCCCCCCCCCCCC. The van der Waals surface area contributed by atoms with Gasteiger partial charge in [-0.1, -0.05) is 283 Å². The number of unbranched alkanes of at least 4 members (excludes halogenated alkanes) is 39. The number of ether oxygens (including phenoxy) is 1. The Bertz CT molecular complexity index is 1060. The minimum absolute atomic E-state index is 0.0784. The Hall–Kier alpha value is -1.66. The first-order valence-electron chi connectivity index (χ1n) is 30.1. The van der Waals surface area contributed by atoms with Gasteiger partial charge in [-0.15, -0.1) is 0 Å². The van der Waals surface area contributed by atoms with E-state index in [0.717, 1.165) is 64.2 Å². The fourth-order valence-corrected chi connectivity index (χ4v) is 9.46. The van der Waals surface area contributed by atoms with Crippen LogP contribution in [0.15, 0.2) is 24.3 Å². The van der Waals surface area contributed by atoms with Crippen molar-refractivity contribution >= 4 is 11.9 Å². The molecule has 0 saturated heterocycles. The molecule has 3 unspecified atom stereocenters. The van der Waals surface area contributed by atoms with E-state index in [1.807, 2.05) is 0 Å². The van der Waals surface area contributed by atoms with Gasteiger partial charge in [0.15, 0.2) is 0 Å². The summed E-state index contributed by atoms with van der Waals surface area (Å²) in [5.74, 6) is -0.459. The van der Waals surface area contributed by atoms with Crippen molar-refractivity contribution in [3.8, 4) is 0 Å². The first-order valence-corrected chi connectivity index (χ1v) is 30.1. The highest BCUT2D eigenvalue weighted by Crippen LogP contribution is 2.19. The third-order valence-corrected chi connectivity index (χ3v) is 14.0. The van der Waals surface area contributed by atoms with E-state index < -0.39 is 18.2 Å². The number of hydrogen-bond acceptors (Lipinski definition) is 5. The second-order valence-electron chi connectivity index (χ2n) is 20.8. The lowest BCUT2D eigenvalue weighted by Gasteiger charge is -2.24. The summed E-state index contributed by atoms with van der Waals surface area (Å²) >= 11 is 0. The van der Waals surface area contributed by atoms with Crippen LogP contribution in [0.5, 0.6) is 0 Å². The summed E-state index contributed by atoms with van der Waals surface area (Å²) in [6.45, 7) is 6.50. The number of aliphatic hydroxyl groups excluding tert-OH is 2. The first kappa shape index (κ1) is 65.3. The summed E-state index contributed by atoms with van der Waals surface area (Å²) in [4.78, 5) is 26.3. The van der Waals surface area contributed by atoms with Gasteiger partial charge in [-0.3, -0.25) is 9.59 Å². The van der Waals surface area contributed by atoms with Gasteiger partial charge in [-0.25, -0.2) is 0 Å².